The lowest BCUT2D eigenvalue weighted by atomic mass is 10.1. The molecule has 1 atom stereocenters. The van der Waals surface area contributed by atoms with Crippen molar-refractivity contribution in [1.29, 1.82) is 0 Å². The van der Waals surface area contributed by atoms with Crippen molar-refractivity contribution in [2.75, 3.05) is 0 Å². The summed E-state index contributed by atoms with van der Waals surface area (Å²) in [6.45, 7) is 6.19. The summed E-state index contributed by atoms with van der Waals surface area (Å²) in [5, 5.41) is 20.2. The predicted octanol–water partition coefficient (Wildman–Crippen LogP) is 6.52. The second-order valence-corrected chi connectivity index (χ2v) is 9.78. The van der Waals surface area contributed by atoms with Gasteiger partial charge in [0.15, 0.2) is 11.0 Å². The smallest absolute Gasteiger partial charge is 0.257 e. The topological polar surface area (TPSA) is 69.6 Å². The number of aromatic nitrogens is 5. The lowest BCUT2D eigenvalue weighted by Gasteiger charge is -2.12. The van der Waals surface area contributed by atoms with Gasteiger partial charge in [0.2, 0.25) is 5.89 Å². The summed E-state index contributed by atoms with van der Waals surface area (Å²) < 4.78 is 8.02. The molecule has 0 spiro atoms. The molecular formula is C24H21N5OS2. The van der Waals surface area contributed by atoms with Crippen molar-refractivity contribution >= 4 is 23.1 Å². The van der Waals surface area contributed by atoms with Crippen molar-refractivity contribution in [1.82, 2.24) is 25.0 Å². The molecule has 160 valence electrons. The predicted molar refractivity (Wildman–Crippen MR) is 128 cm³/mol. The molecule has 0 saturated heterocycles. The Kier molecular flexibility index (Phi) is 5.63. The fourth-order valence-electron chi connectivity index (χ4n) is 3.27. The first kappa shape index (κ1) is 20.7. The maximum Gasteiger partial charge on any atom is 0.257 e. The van der Waals surface area contributed by atoms with E-state index in [0.717, 1.165) is 27.1 Å². The number of thioether (sulfide) groups is 1. The second-order valence-electron chi connectivity index (χ2n) is 7.53. The average molecular weight is 460 g/mol. The van der Waals surface area contributed by atoms with Crippen LogP contribution in [0.5, 0.6) is 0 Å². The van der Waals surface area contributed by atoms with Crippen molar-refractivity contribution in [3.63, 3.8) is 0 Å². The maximum atomic E-state index is 5.94. The molecule has 0 radical (unpaired) electrons. The Morgan fingerprint density at radius 1 is 0.875 bits per heavy atom. The van der Waals surface area contributed by atoms with Crippen LogP contribution in [0.15, 0.2) is 75.6 Å². The van der Waals surface area contributed by atoms with E-state index in [1.807, 2.05) is 24.4 Å². The van der Waals surface area contributed by atoms with E-state index < -0.39 is 0 Å². The molecule has 0 saturated carbocycles. The van der Waals surface area contributed by atoms with Crippen LogP contribution in [0.25, 0.3) is 27.8 Å². The second kappa shape index (κ2) is 8.72. The minimum atomic E-state index is -0.0875. The highest BCUT2D eigenvalue weighted by Gasteiger charge is 2.22. The Morgan fingerprint density at radius 2 is 1.59 bits per heavy atom. The molecule has 0 N–H and O–H groups in total. The molecule has 32 heavy (non-hydrogen) atoms. The summed E-state index contributed by atoms with van der Waals surface area (Å²) in [4.78, 5) is 0.963. The summed E-state index contributed by atoms with van der Waals surface area (Å²) in [7, 11) is 0. The SMILES string of the molecule is Cc1ccc(-c2nnc(SC(C)c3nnc(-c4cccs4)o3)n2-c2ccc(C)cc2)cc1. The van der Waals surface area contributed by atoms with Crippen LogP contribution < -0.4 is 0 Å². The molecule has 0 bridgehead atoms. The number of rotatable bonds is 6. The van der Waals surface area contributed by atoms with Crippen molar-refractivity contribution in [2.45, 2.75) is 31.2 Å². The normalized spacial score (nSPS) is 12.2. The number of hydrogen-bond acceptors (Lipinski definition) is 7. The zero-order chi connectivity index (χ0) is 22.1. The molecule has 0 fully saturated rings. The van der Waals surface area contributed by atoms with Gasteiger partial charge in [0.05, 0.1) is 10.1 Å². The number of benzene rings is 2. The number of hydrogen-bond donors (Lipinski definition) is 0. The van der Waals surface area contributed by atoms with Crippen LogP contribution in [0.3, 0.4) is 0 Å². The van der Waals surface area contributed by atoms with E-state index >= 15 is 0 Å². The van der Waals surface area contributed by atoms with Gasteiger partial charge in [-0.3, -0.25) is 4.57 Å². The minimum Gasteiger partial charge on any atom is -0.419 e. The summed E-state index contributed by atoms with van der Waals surface area (Å²) in [5.74, 6) is 1.91. The molecule has 0 aliphatic heterocycles. The first-order valence-electron chi connectivity index (χ1n) is 10.2. The van der Waals surface area contributed by atoms with Gasteiger partial charge < -0.3 is 4.42 Å². The van der Waals surface area contributed by atoms with Gasteiger partial charge in [-0.25, -0.2) is 0 Å². The number of thiophene rings is 1. The Balaban J connectivity index is 1.50. The van der Waals surface area contributed by atoms with Crippen molar-refractivity contribution in [2.24, 2.45) is 0 Å². The molecule has 5 rings (SSSR count). The van der Waals surface area contributed by atoms with E-state index in [9.17, 15) is 0 Å². The van der Waals surface area contributed by atoms with Crippen molar-refractivity contribution < 1.29 is 4.42 Å². The molecule has 6 nitrogen and oxygen atoms in total. The van der Waals surface area contributed by atoms with Crippen LogP contribution in [0.1, 0.15) is 29.2 Å². The molecule has 2 aromatic carbocycles. The van der Waals surface area contributed by atoms with Gasteiger partial charge in [-0.05, 0) is 44.4 Å². The van der Waals surface area contributed by atoms with Crippen LogP contribution in [0, 0.1) is 13.8 Å². The number of aryl methyl sites for hydroxylation is 2. The van der Waals surface area contributed by atoms with E-state index in [0.29, 0.717) is 11.8 Å². The lowest BCUT2D eigenvalue weighted by molar-refractivity contribution is 0.510. The Hall–Kier alpha value is -3.23. The Labute approximate surface area is 194 Å². The highest BCUT2D eigenvalue weighted by atomic mass is 32.2. The van der Waals surface area contributed by atoms with Crippen LogP contribution in [0.2, 0.25) is 0 Å². The summed E-state index contributed by atoms with van der Waals surface area (Å²) in [6.07, 6.45) is 0. The fourth-order valence-corrected chi connectivity index (χ4v) is 4.81. The minimum absolute atomic E-state index is 0.0875. The van der Waals surface area contributed by atoms with E-state index in [-0.39, 0.29) is 5.25 Å². The lowest BCUT2D eigenvalue weighted by Crippen LogP contribution is -2.01. The van der Waals surface area contributed by atoms with Crippen molar-refractivity contribution in [3.8, 4) is 27.8 Å². The van der Waals surface area contributed by atoms with Crippen LogP contribution >= 0.6 is 23.1 Å². The quantitative estimate of drug-likeness (QED) is 0.269. The molecule has 0 aliphatic carbocycles. The monoisotopic (exact) mass is 459 g/mol. The van der Waals surface area contributed by atoms with Crippen LogP contribution in [-0.2, 0) is 0 Å². The van der Waals surface area contributed by atoms with Gasteiger partial charge in [-0.2, -0.15) is 0 Å². The Bertz CT molecular complexity index is 1320. The standard InChI is InChI=1S/C24H21N5OS2/c1-15-6-10-18(11-7-15)21-25-28-24(29(21)19-12-8-16(2)9-13-19)32-17(3)22-26-27-23(30-22)20-5-4-14-31-20/h4-14,17H,1-3H3. The van der Waals surface area contributed by atoms with Gasteiger partial charge >= 0.3 is 0 Å². The van der Waals surface area contributed by atoms with Gasteiger partial charge in [0.1, 0.15) is 0 Å². The molecular weight excluding hydrogens is 438 g/mol. The maximum absolute atomic E-state index is 5.94. The highest BCUT2D eigenvalue weighted by Crippen LogP contribution is 2.37. The van der Waals surface area contributed by atoms with Crippen LogP contribution in [-0.4, -0.2) is 25.0 Å². The first-order valence-corrected chi connectivity index (χ1v) is 12.0. The summed E-state index contributed by atoms with van der Waals surface area (Å²) >= 11 is 3.13. The van der Waals surface area contributed by atoms with Gasteiger partial charge in [-0.15, -0.1) is 31.7 Å². The van der Waals surface area contributed by atoms with E-state index in [1.54, 1.807) is 23.1 Å². The third kappa shape index (κ3) is 4.11. The van der Waals surface area contributed by atoms with Gasteiger partial charge in [0, 0.05) is 11.3 Å². The zero-order valence-electron chi connectivity index (χ0n) is 17.9. The van der Waals surface area contributed by atoms with E-state index in [1.165, 1.54) is 11.1 Å². The van der Waals surface area contributed by atoms with Gasteiger partial charge in [-0.1, -0.05) is 65.4 Å². The average Bonchev–Trinajstić information content (AvgIpc) is 3.55. The van der Waals surface area contributed by atoms with E-state index in [2.05, 4.69) is 87.3 Å². The van der Waals surface area contributed by atoms with E-state index in [4.69, 9.17) is 4.42 Å². The molecule has 0 aliphatic rings. The first-order chi connectivity index (χ1) is 15.6. The molecule has 3 aromatic heterocycles. The third-order valence-electron chi connectivity index (χ3n) is 5.04. The summed E-state index contributed by atoms with van der Waals surface area (Å²) in [5.41, 5.74) is 4.43. The zero-order valence-corrected chi connectivity index (χ0v) is 19.5. The van der Waals surface area contributed by atoms with Gasteiger partial charge in [0.25, 0.3) is 5.89 Å². The highest BCUT2D eigenvalue weighted by molar-refractivity contribution is 7.99. The molecule has 5 aromatic rings. The summed E-state index contributed by atoms with van der Waals surface area (Å²) in [6, 6.07) is 20.6. The third-order valence-corrected chi connectivity index (χ3v) is 6.93. The molecule has 3 heterocycles. The number of nitrogens with zero attached hydrogens (tertiary/aromatic N) is 5. The fraction of sp³-hybridized carbons (Fsp3) is 0.167. The molecule has 0 amide bonds. The molecule has 8 heteroatoms. The van der Waals surface area contributed by atoms with Crippen molar-refractivity contribution in [3.05, 3.63) is 83.1 Å². The van der Waals surface area contributed by atoms with Crippen LogP contribution in [0.4, 0.5) is 0 Å². The molecule has 1 unspecified atom stereocenters. The Morgan fingerprint density at radius 3 is 2.28 bits per heavy atom. The largest absolute Gasteiger partial charge is 0.419 e.